The standard InChI is InChI=1S/C25H23N3O6/c1-30-20-13-16(14-21(31-2)23(20)32-3)24(29)26-19-12-8-7-11-18(19)25-27-22(28-34-25)15-33-17-9-5-4-6-10-17/h4-14H,15H2,1-3H3,(H,26,29). The Morgan fingerprint density at radius 1 is 0.912 bits per heavy atom. The molecule has 0 saturated heterocycles. The van der Waals surface area contributed by atoms with E-state index in [9.17, 15) is 4.79 Å². The van der Waals surface area contributed by atoms with Crippen LogP contribution in [0.5, 0.6) is 23.0 Å². The van der Waals surface area contributed by atoms with Crippen molar-refractivity contribution >= 4 is 11.6 Å². The van der Waals surface area contributed by atoms with E-state index < -0.39 is 0 Å². The van der Waals surface area contributed by atoms with E-state index >= 15 is 0 Å². The molecular weight excluding hydrogens is 438 g/mol. The van der Waals surface area contributed by atoms with Gasteiger partial charge in [-0.1, -0.05) is 35.5 Å². The van der Waals surface area contributed by atoms with E-state index in [1.807, 2.05) is 36.4 Å². The normalized spacial score (nSPS) is 10.4. The SMILES string of the molecule is COc1cc(C(=O)Nc2ccccc2-c2nc(COc3ccccc3)no2)cc(OC)c1OC. The van der Waals surface area contributed by atoms with Gasteiger partial charge in [0.15, 0.2) is 18.1 Å². The zero-order valence-electron chi connectivity index (χ0n) is 18.9. The van der Waals surface area contributed by atoms with Crippen molar-refractivity contribution in [2.45, 2.75) is 6.61 Å². The summed E-state index contributed by atoms with van der Waals surface area (Å²) in [5.41, 5.74) is 1.40. The number of hydrogen-bond acceptors (Lipinski definition) is 8. The van der Waals surface area contributed by atoms with E-state index in [0.717, 1.165) is 0 Å². The molecule has 1 heterocycles. The number of hydrogen-bond donors (Lipinski definition) is 1. The zero-order chi connectivity index (χ0) is 23.9. The van der Waals surface area contributed by atoms with Crippen LogP contribution in [0.1, 0.15) is 16.2 Å². The molecule has 0 atom stereocenters. The molecule has 0 spiro atoms. The van der Waals surface area contributed by atoms with Crippen LogP contribution in [0.2, 0.25) is 0 Å². The molecule has 4 rings (SSSR count). The summed E-state index contributed by atoms with van der Waals surface area (Å²) in [4.78, 5) is 17.5. The molecule has 34 heavy (non-hydrogen) atoms. The fourth-order valence-corrected chi connectivity index (χ4v) is 3.27. The molecule has 0 aliphatic rings. The Labute approximate surface area is 196 Å². The molecule has 174 valence electrons. The third-order valence-corrected chi connectivity index (χ3v) is 4.91. The average Bonchev–Trinajstić information content (AvgIpc) is 3.36. The van der Waals surface area contributed by atoms with Crippen LogP contribution in [0.3, 0.4) is 0 Å². The van der Waals surface area contributed by atoms with Crippen LogP contribution in [0.15, 0.2) is 71.3 Å². The maximum Gasteiger partial charge on any atom is 0.260 e. The first-order chi connectivity index (χ1) is 16.6. The highest BCUT2D eigenvalue weighted by molar-refractivity contribution is 6.06. The van der Waals surface area contributed by atoms with Gasteiger partial charge < -0.3 is 28.8 Å². The molecule has 0 radical (unpaired) electrons. The van der Waals surface area contributed by atoms with Gasteiger partial charge in [0.2, 0.25) is 11.6 Å². The fraction of sp³-hybridized carbons (Fsp3) is 0.160. The van der Waals surface area contributed by atoms with E-state index in [-0.39, 0.29) is 18.4 Å². The number of nitrogens with zero attached hydrogens (tertiary/aromatic N) is 2. The quantitative estimate of drug-likeness (QED) is 0.386. The topological polar surface area (TPSA) is 105 Å². The zero-order valence-corrected chi connectivity index (χ0v) is 18.9. The smallest absolute Gasteiger partial charge is 0.260 e. The van der Waals surface area contributed by atoms with Crippen molar-refractivity contribution in [3.63, 3.8) is 0 Å². The number of amides is 1. The van der Waals surface area contributed by atoms with E-state index in [4.69, 9.17) is 23.5 Å². The Morgan fingerprint density at radius 2 is 1.59 bits per heavy atom. The van der Waals surface area contributed by atoms with Gasteiger partial charge in [-0.25, -0.2) is 0 Å². The summed E-state index contributed by atoms with van der Waals surface area (Å²) in [6.45, 7) is 0.146. The van der Waals surface area contributed by atoms with Gasteiger partial charge in [-0.3, -0.25) is 4.79 Å². The third-order valence-electron chi connectivity index (χ3n) is 4.91. The molecule has 0 saturated carbocycles. The molecule has 9 nitrogen and oxygen atoms in total. The second kappa shape index (κ2) is 10.4. The molecule has 0 aliphatic carbocycles. The highest BCUT2D eigenvalue weighted by atomic mass is 16.5. The first-order valence-corrected chi connectivity index (χ1v) is 10.3. The molecule has 4 aromatic rings. The number of nitrogens with one attached hydrogen (secondary N) is 1. The summed E-state index contributed by atoms with van der Waals surface area (Å²) in [7, 11) is 4.48. The van der Waals surface area contributed by atoms with E-state index in [2.05, 4.69) is 15.5 Å². The predicted octanol–water partition coefficient (Wildman–Crippen LogP) is 4.59. The predicted molar refractivity (Wildman–Crippen MR) is 125 cm³/mol. The molecule has 0 fully saturated rings. The van der Waals surface area contributed by atoms with Crippen LogP contribution >= 0.6 is 0 Å². The molecule has 1 aromatic heterocycles. The number of carbonyl (C=O) groups excluding carboxylic acids is 1. The summed E-state index contributed by atoms with van der Waals surface area (Å²) in [5.74, 6) is 2.11. The van der Waals surface area contributed by atoms with E-state index in [1.165, 1.54) is 21.3 Å². The highest BCUT2D eigenvalue weighted by Gasteiger charge is 2.19. The Hall–Kier alpha value is -4.53. The van der Waals surface area contributed by atoms with Gasteiger partial charge in [0.05, 0.1) is 32.6 Å². The van der Waals surface area contributed by atoms with Crippen molar-refractivity contribution < 1.29 is 28.3 Å². The van der Waals surface area contributed by atoms with Crippen LogP contribution in [-0.4, -0.2) is 37.4 Å². The number of methoxy groups -OCH3 is 3. The van der Waals surface area contributed by atoms with Crippen molar-refractivity contribution in [3.8, 4) is 34.5 Å². The number of rotatable bonds is 9. The lowest BCUT2D eigenvalue weighted by molar-refractivity contribution is 0.102. The van der Waals surface area contributed by atoms with Crippen LogP contribution in [-0.2, 0) is 6.61 Å². The van der Waals surface area contributed by atoms with Gasteiger partial charge in [-0.2, -0.15) is 4.98 Å². The van der Waals surface area contributed by atoms with Crippen LogP contribution in [0.25, 0.3) is 11.5 Å². The van der Waals surface area contributed by atoms with Crippen LogP contribution in [0, 0.1) is 0 Å². The number of carbonyl (C=O) groups is 1. The molecule has 0 bridgehead atoms. The maximum atomic E-state index is 13.0. The molecule has 9 heteroatoms. The summed E-state index contributed by atoms with van der Waals surface area (Å²) in [6, 6.07) is 19.6. The highest BCUT2D eigenvalue weighted by Crippen LogP contribution is 2.38. The molecule has 1 amide bonds. The lowest BCUT2D eigenvalue weighted by Crippen LogP contribution is -2.13. The minimum Gasteiger partial charge on any atom is -0.493 e. The van der Waals surface area contributed by atoms with Gasteiger partial charge in [0.1, 0.15) is 5.75 Å². The number of aromatic nitrogens is 2. The largest absolute Gasteiger partial charge is 0.493 e. The molecule has 0 aliphatic heterocycles. The minimum absolute atomic E-state index is 0.146. The fourth-order valence-electron chi connectivity index (χ4n) is 3.27. The molecule has 3 aromatic carbocycles. The summed E-state index contributed by atoms with van der Waals surface area (Å²) in [6.07, 6.45) is 0. The summed E-state index contributed by atoms with van der Waals surface area (Å²) in [5, 5.41) is 6.86. The average molecular weight is 461 g/mol. The summed E-state index contributed by atoms with van der Waals surface area (Å²) >= 11 is 0. The second-order valence-electron chi connectivity index (χ2n) is 7.03. The summed E-state index contributed by atoms with van der Waals surface area (Å²) < 4.78 is 27.1. The Morgan fingerprint density at radius 3 is 2.26 bits per heavy atom. The van der Waals surface area contributed by atoms with Crippen LogP contribution in [0.4, 0.5) is 5.69 Å². The molecule has 1 N–H and O–H groups in total. The lowest BCUT2D eigenvalue weighted by Gasteiger charge is -2.14. The van der Waals surface area contributed by atoms with Crippen molar-refractivity contribution in [2.24, 2.45) is 0 Å². The molecular formula is C25H23N3O6. The van der Waals surface area contributed by atoms with Crippen molar-refractivity contribution in [2.75, 3.05) is 26.6 Å². The van der Waals surface area contributed by atoms with Crippen molar-refractivity contribution in [1.29, 1.82) is 0 Å². The Bertz CT molecular complexity index is 1250. The first-order valence-electron chi connectivity index (χ1n) is 10.3. The minimum atomic E-state index is -0.376. The number of anilines is 1. The van der Waals surface area contributed by atoms with E-state index in [0.29, 0.717) is 45.6 Å². The maximum absolute atomic E-state index is 13.0. The number of ether oxygens (including phenoxy) is 4. The van der Waals surface area contributed by atoms with Gasteiger partial charge in [0.25, 0.3) is 11.8 Å². The lowest BCUT2D eigenvalue weighted by atomic mass is 10.1. The van der Waals surface area contributed by atoms with Gasteiger partial charge >= 0.3 is 0 Å². The monoisotopic (exact) mass is 461 g/mol. The Balaban J connectivity index is 1.54. The van der Waals surface area contributed by atoms with Crippen molar-refractivity contribution in [1.82, 2.24) is 10.1 Å². The number of benzene rings is 3. The van der Waals surface area contributed by atoms with Gasteiger partial charge in [0, 0.05) is 5.56 Å². The van der Waals surface area contributed by atoms with Gasteiger partial charge in [-0.05, 0) is 36.4 Å². The number of para-hydroxylation sites is 2. The second-order valence-corrected chi connectivity index (χ2v) is 7.03. The van der Waals surface area contributed by atoms with Crippen molar-refractivity contribution in [3.05, 3.63) is 78.1 Å². The van der Waals surface area contributed by atoms with Gasteiger partial charge in [-0.15, -0.1) is 0 Å². The first kappa shape index (κ1) is 22.7. The molecule has 0 unspecified atom stereocenters. The van der Waals surface area contributed by atoms with E-state index in [1.54, 1.807) is 30.3 Å². The Kier molecular flexibility index (Phi) is 6.92. The van der Waals surface area contributed by atoms with Crippen LogP contribution < -0.4 is 24.3 Å². The third kappa shape index (κ3) is 4.93.